The summed E-state index contributed by atoms with van der Waals surface area (Å²) in [5, 5.41) is 2.87. The first-order valence-corrected chi connectivity index (χ1v) is 8.46. The zero-order valence-corrected chi connectivity index (χ0v) is 14.4. The lowest BCUT2D eigenvalue weighted by molar-refractivity contribution is -0.149. The molecule has 1 aliphatic heterocycles. The van der Waals surface area contributed by atoms with Crippen molar-refractivity contribution in [1.29, 1.82) is 0 Å². The molecule has 1 aromatic carbocycles. The Bertz CT molecular complexity index is 562. The second-order valence-corrected chi connectivity index (χ2v) is 5.89. The highest BCUT2D eigenvalue weighted by Crippen LogP contribution is 2.23. The van der Waals surface area contributed by atoms with Gasteiger partial charge in [-0.2, -0.15) is 0 Å². The first kappa shape index (κ1) is 18.3. The minimum Gasteiger partial charge on any atom is -0.495 e. The van der Waals surface area contributed by atoms with Gasteiger partial charge in [0.15, 0.2) is 0 Å². The Labute approximate surface area is 143 Å². The Hall–Kier alpha value is -2.08. The van der Waals surface area contributed by atoms with Crippen LogP contribution in [0.2, 0.25) is 0 Å². The SMILES string of the molecule is CCOC(=O)C1CCCN(CCC(=O)Nc2ccccc2OC)C1. The van der Waals surface area contributed by atoms with E-state index < -0.39 is 0 Å². The smallest absolute Gasteiger partial charge is 0.310 e. The molecule has 1 saturated heterocycles. The quantitative estimate of drug-likeness (QED) is 0.775. The Kier molecular flexibility index (Phi) is 7.06. The summed E-state index contributed by atoms with van der Waals surface area (Å²) in [4.78, 5) is 26.2. The summed E-state index contributed by atoms with van der Waals surface area (Å²) >= 11 is 0. The van der Waals surface area contributed by atoms with Crippen LogP contribution in [0.5, 0.6) is 5.75 Å². The van der Waals surface area contributed by atoms with Gasteiger partial charge in [0.25, 0.3) is 0 Å². The first-order valence-electron chi connectivity index (χ1n) is 8.46. The van der Waals surface area contributed by atoms with Crippen LogP contribution in [0.4, 0.5) is 5.69 Å². The molecule has 0 spiro atoms. The molecule has 1 N–H and O–H groups in total. The summed E-state index contributed by atoms with van der Waals surface area (Å²) in [5.41, 5.74) is 0.674. The number of rotatable bonds is 7. The number of methoxy groups -OCH3 is 1. The van der Waals surface area contributed by atoms with Crippen LogP contribution in [-0.2, 0) is 14.3 Å². The predicted octanol–water partition coefficient (Wildman–Crippen LogP) is 2.30. The lowest BCUT2D eigenvalue weighted by Gasteiger charge is -2.31. The van der Waals surface area contributed by atoms with Gasteiger partial charge in [0.2, 0.25) is 5.91 Å². The molecular formula is C18H26N2O4. The number of hydrogen-bond acceptors (Lipinski definition) is 5. The third kappa shape index (κ3) is 5.23. The van der Waals surface area contributed by atoms with E-state index >= 15 is 0 Å². The van der Waals surface area contributed by atoms with Crippen molar-refractivity contribution in [2.75, 3.05) is 38.7 Å². The van der Waals surface area contributed by atoms with Crippen LogP contribution < -0.4 is 10.1 Å². The number of likely N-dealkylation sites (tertiary alicyclic amines) is 1. The van der Waals surface area contributed by atoms with E-state index in [1.165, 1.54) is 0 Å². The molecule has 0 aliphatic carbocycles. The fourth-order valence-electron chi connectivity index (χ4n) is 2.93. The van der Waals surface area contributed by atoms with Crippen molar-refractivity contribution in [2.24, 2.45) is 5.92 Å². The van der Waals surface area contributed by atoms with Gasteiger partial charge in [-0.25, -0.2) is 0 Å². The Morgan fingerprint density at radius 2 is 2.12 bits per heavy atom. The van der Waals surface area contributed by atoms with Crippen molar-refractivity contribution in [3.05, 3.63) is 24.3 Å². The summed E-state index contributed by atoms with van der Waals surface area (Å²) in [6, 6.07) is 7.34. The second kappa shape index (κ2) is 9.27. The molecule has 1 amide bonds. The Morgan fingerprint density at radius 3 is 2.88 bits per heavy atom. The van der Waals surface area contributed by atoms with E-state index in [9.17, 15) is 9.59 Å². The number of hydrogen-bond donors (Lipinski definition) is 1. The number of carbonyl (C=O) groups excluding carboxylic acids is 2. The van der Waals surface area contributed by atoms with Crippen LogP contribution in [0.15, 0.2) is 24.3 Å². The molecule has 0 radical (unpaired) electrons. The van der Waals surface area contributed by atoms with Gasteiger partial charge in [0.05, 0.1) is 25.3 Å². The lowest BCUT2D eigenvalue weighted by atomic mass is 9.98. The number of nitrogens with one attached hydrogen (secondary N) is 1. The number of nitrogens with zero attached hydrogens (tertiary/aromatic N) is 1. The standard InChI is InChI=1S/C18H26N2O4/c1-3-24-18(22)14-7-6-11-20(13-14)12-10-17(21)19-15-8-4-5-9-16(15)23-2/h4-5,8-9,14H,3,6-7,10-13H2,1-2H3,(H,19,21). The van der Waals surface area contributed by atoms with Crippen molar-refractivity contribution < 1.29 is 19.1 Å². The molecule has 0 aromatic heterocycles. The van der Waals surface area contributed by atoms with Gasteiger partial charge in [-0.15, -0.1) is 0 Å². The summed E-state index contributed by atoms with van der Waals surface area (Å²) in [6.07, 6.45) is 2.20. The minimum absolute atomic E-state index is 0.0576. The fraction of sp³-hybridized carbons (Fsp3) is 0.556. The Morgan fingerprint density at radius 1 is 1.33 bits per heavy atom. The van der Waals surface area contributed by atoms with E-state index in [1.54, 1.807) is 7.11 Å². The van der Waals surface area contributed by atoms with Crippen molar-refractivity contribution in [3.63, 3.8) is 0 Å². The van der Waals surface area contributed by atoms with Crippen LogP contribution in [0, 0.1) is 5.92 Å². The average molecular weight is 334 g/mol. The number of esters is 1. The third-order valence-electron chi connectivity index (χ3n) is 4.16. The van der Waals surface area contributed by atoms with E-state index in [1.807, 2.05) is 31.2 Å². The van der Waals surface area contributed by atoms with Crippen LogP contribution >= 0.6 is 0 Å². The number of carbonyl (C=O) groups is 2. The van der Waals surface area contributed by atoms with E-state index in [-0.39, 0.29) is 17.8 Å². The number of ether oxygens (including phenoxy) is 2. The molecule has 1 heterocycles. The predicted molar refractivity (Wildman–Crippen MR) is 92.0 cm³/mol. The van der Waals surface area contributed by atoms with Crippen LogP contribution in [0.1, 0.15) is 26.2 Å². The maximum absolute atomic E-state index is 12.2. The summed E-state index contributed by atoms with van der Waals surface area (Å²) in [6.45, 7) is 4.45. The molecule has 0 saturated carbocycles. The summed E-state index contributed by atoms with van der Waals surface area (Å²) in [7, 11) is 1.58. The van der Waals surface area contributed by atoms with Gasteiger partial charge < -0.3 is 19.7 Å². The molecule has 0 bridgehead atoms. The molecule has 1 fully saturated rings. The number of para-hydroxylation sites is 2. The summed E-state index contributed by atoms with van der Waals surface area (Å²) < 4.78 is 10.3. The highest BCUT2D eigenvalue weighted by Gasteiger charge is 2.26. The molecule has 1 aliphatic rings. The molecule has 6 heteroatoms. The molecule has 1 unspecified atom stereocenters. The first-order chi connectivity index (χ1) is 11.6. The van der Waals surface area contributed by atoms with Crippen molar-refractivity contribution in [1.82, 2.24) is 4.90 Å². The topological polar surface area (TPSA) is 67.9 Å². The van der Waals surface area contributed by atoms with Gasteiger partial charge in [0, 0.05) is 19.5 Å². The van der Waals surface area contributed by atoms with Crippen LogP contribution in [0.25, 0.3) is 0 Å². The monoisotopic (exact) mass is 334 g/mol. The molecule has 1 atom stereocenters. The van der Waals surface area contributed by atoms with Gasteiger partial charge in [-0.1, -0.05) is 12.1 Å². The zero-order chi connectivity index (χ0) is 17.4. The minimum atomic E-state index is -0.124. The van der Waals surface area contributed by atoms with Gasteiger partial charge in [-0.3, -0.25) is 9.59 Å². The zero-order valence-electron chi connectivity index (χ0n) is 14.4. The maximum Gasteiger partial charge on any atom is 0.310 e. The van der Waals surface area contributed by atoms with Crippen molar-refractivity contribution in [2.45, 2.75) is 26.2 Å². The Balaban J connectivity index is 1.80. The molecule has 24 heavy (non-hydrogen) atoms. The largest absolute Gasteiger partial charge is 0.495 e. The molecule has 2 rings (SSSR count). The molecular weight excluding hydrogens is 308 g/mol. The van der Waals surface area contributed by atoms with Crippen LogP contribution in [0.3, 0.4) is 0 Å². The number of piperidine rings is 1. The lowest BCUT2D eigenvalue weighted by Crippen LogP contribution is -2.40. The van der Waals surface area contributed by atoms with E-state index in [2.05, 4.69) is 10.2 Å². The number of benzene rings is 1. The highest BCUT2D eigenvalue weighted by atomic mass is 16.5. The van der Waals surface area contributed by atoms with Gasteiger partial charge in [0.1, 0.15) is 5.75 Å². The highest BCUT2D eigenvalue weighted by molar-refractivity contribution is 5.92. The fourth-order valence-corrected chi connectivity index (χ4v) is 2.93. The average Bonchev–Trinajstić information content (AvgIpc) is 2.61. The van der Waals surface area contributed by atoms with E-state index in [0.29, 0.717) is 37.6 Å². The van der Waals surface area contributed by atoms with Gasteiger partial charge in [-0.05, 0) is 38.4 Å². The molecule has 6 nitrogen and oxygen atoms in total. The van der Waals surface area contributed by atoms with Gasteiger partial charge >= 0.3 is 5.97 Å². The van der Waals surface area contributed by atoms with Crippen molar-refractivity contribution in [3.8, 4) is 5.75 Å². The van der Waals surface area contributed by atoms with Crippen molar-refractivity contribution >= 4 is 17.6 Å². The second-order valence-electron chi connectivity index (χ2n) is 5.89. The maximum atomic E-state index is 12.2. The number of anilines is 1. The summed E-state index contributed by atoms with van der Waals surface area (Å²) in [5.74, 6) is 0.389. The van der Waals surface area contributed by atoms with E-state index in [4.69, 9.17) is 9.47 Å². The normalized spacial score (nSPS) is 18.0. The number of amides is 1. The van der Waals surface area contributed by atoms with E-state index in [0.717, 1.165) is 19.4 Å². The van der Waals surface area contributed by atoms with Crippen LogP contribution in [-0.4, -0.2) is 50.1 Å². The molecule has 1 aromatic rings. The molecule has 132 valence electrons. The third-order valence-corrected chi connectivity index (χ3v) is 4.16.